The second-order valence-corrected chi connectivity index (χ2v) is 5.29. The van der Waals surface area contributed by atoms with E-state index in [1.165, 1.54) is 22.3 Å². The largest absolute Gasteiger partial charge is 0.383 e. The first-order valence-corrected chi connectivity index (χ1v) is 6.46. The topological polar surface area (TPSA) is 20.2 Å². The van der Waals surface area contributed by atoms with Crippen LogP contribution in [0.5, 0.6) is 0 Å². The zero-order valence-electron chi connectivity index (χ0n) is 9.90. The van der Waals surface area contributed by atoms with E-state index in [9.17, 15) is 9.50 Å². The molecule has 0 radical (unpaired) electrons. The van der Waals surface area contributed by atoms with E-state index < -0.39 is 6.10 Å². The van der Waals surface area contributed by atoms with E-state index in [1.807, 2.05) is 19.1 Å². The summed E-state index contributed by atoms with van der Waals surface area (Å²) in [4.78, 5) is 2.00. The van der Waals surface area contributed by atoms with Crippen LogP contribution in [0.1, 0.15) is 33.9 Å². The Bertz CT molecular complexity index is 519. The monoisotopic (exact) mass is 250 g/mol. The number of aliphatic hydroxyl groups is 1. The van der Waals surface area contributed by atoms with Crippen molar-refractivity contribution in [3.63, 3.8) is 0 Å². The quantitative estimate of drug-likeness (QED) is 0.877. The van der Waals surface area contributed by atoms with E-state index in [0.717, 1.165) is 16.9 Å². The smallest absolute Gasteiger partial charge is 0.129 e. The van der Waals surface area contributed by atoms with Crippen molar-refractivity contribution in [1.82, 2.24) is 0 Å². The number of thiophene rings is 1. The number of hydrogen-bond acceptors (Lipinski definition) is 2. The summed E-state index contributed by atoms with van der Waals surface area (Å²) in [6.45, 7) is 3.96. The van der Waals surface area contributed by atoms with Crippen LogP contribution >= 0.6 is 11.3 Å². The summed E-state index contributed by atoms with van der Waals surface area (Å²) in [6, 6.07) is 8.66. The van der Waals surface area contributed by atoms with Crippen molar-refractivity contribution in [2.24, 2.45) is 0 Å². The molecule has 2 aromatic rings. The van der Waals surface area contributed by atoms with Crippen LogP contribution in [0.25, 0.3) is 0 Å². The second kappa shape index (κ2) is 4.98. The molecule has 1 heterocycles. The molecular formula is C14H15FOS. The second-order valence-electron chi connectivity index (χ2n) is 4.09. The van der Waals surface area contributed by atoms with Gasteiger partial charge in [0, 0.05) is 15.3 Å². The van der Waals surface area contributed by atoms with Crippen molar-refractivity contribution < 1.29 is 9.50 Å². The first-order valence-electron chi connectivity index (χ1n) is 5.64. The van der Waals surface area contributed by atoms with E-state index in [1.54, 1.807) is 12.1 Å². The standard InChI is InChI=1S/C14H15FOS/c1-3-10-5-7-13(17-10)14(16)11-8-9(2)4-6-12(11)15/h4-8,14,16H,3H2,1-2H3. The van der Waals surface area contributed by atoms with Gasteiger partial charge in [-0.25, -0.2) is 4.39 Å². The van der Waals surface area contributed by atoms with Gasteiger partial charge >= 0.3 is 0 Å². The Balaban J connectivity index is 2.35. The predicted molar refractivity (Wildman–Crippen MR) is 68.9 cm³/mol. The molecule has 1 nitrogen and oxygen atoms in total. The highest BCUT2D eigenvalue weighted by Gasteiger charge is 2.16. The molecule has 1 aromatic heterocycles. The fourth-order valence-corrected chi connectivity index (χ4v) is 2.72. The number of benzene rings is 1. The minimum atomic E-state index is -0.861. The Hall–Kier alpha value is -1.19. The van der Waals surface area contributed by atoms with Gasteiger partial charge in [0.1, 0.15) is 11.9 Å². The summed E-state index contributed by atoms with van der Waals surface area (Å²) in [7, 11) is 0. The Morgan fingerprint density at radius 2 is 2.06 bits per heavy atom. The lowest BCUT2D eigenvalue weighted by Gasteiger charge is -2.10. The zero-order valence-corrected chi connectivity index (χ0v) is 10.7. The average molecular weight is 250 g/mol. The highest BCUT2D eigenvalue weighted by molar-refractivity contribution is 7.12. The summed E-state index contributed by atoms with van der Waals surface area (Å²) in [5, 5.41) is 10.2. The molecule has 0 aliphatic rings. The molecule has 1 unspecified atom stereocenters. The zero-order chi connectivity index (χ0) is 12.4. The first kappa shape index (κ1) is 12.3. The summed E-state index contributed by atoms with van der Waals surface area (Å²) in [5.41, 5.74) is 1.31. The van der Waals surface area contributed by atoms with Crippen LogP contribution in [0.4, 0.5) is 4.39 Å². The molecule has 0 spiro atoms. The number of aryl methyl sites for hydroxylation is 2. The van der Waals surface area contributed by atoms with Gasteiger partial charge in [0.2, 0.25) is 0 Å². The minimum absolute atomic E-state index is 0.352. The van der Waals surface area contributed by atoms with Crippen molar-refractivity contribution in [2.75, 3.05) is 0 Å². The van der Waals surface area contributed by atoms with Gasteiger partial charge in [-0.2, -0.15) is 0 Å². The number of aliphatic hydroxyl groups excluding tert-OH is 1. The fourth-order valence-electron chi connectivity index (χ4n) is 1.76. The Morgan fingerprint density at radius 1 is 1.29 bits per heavy atom. The third kappa shape index (κ3) is 2.56. The van der Waals surface area contributed by atoms with Crippen molar-refractivity contribution in [1.29, 1.82) is 0 Å². The molecule has 0 bridgehead atoms. The predicted octanol–water partition coefficient (Wildman–Crippen LogP) is 3.84. The van der Waals surface area contributed by atoms with Crippen LogP contribution in [0.15, 0.2) is 30.3 Å². The van der Waals surface area contributed by atoms with Gasteiger partial charge in [-0.05, 0) is 31.5 Å². The third-order valence-electron chi connectivity index (χ3n) is 2.75. The molecule has 1 atom stereocenters. The molecule has 0 saturated heterocycles. The van der Waals surface area contributed by atoms with Gasteiger partial charge in [-0.1, -0.05) is 24.6 Å². The Kier molecular flexibility index (Phi) is 3.60. The van der Waals surface area contributed by atoms with Gasteiger partial charge in [-0.3, -0.25) is 0 Å². The molecule has 0 saturated carbocycles. The lowest BCUT2D eigenvalue weighted by atomic mass is 10.0. The van der Waals surface area contributed by atoms with Gasteiger partial charge < -0.3 is 5.11 Å². The average Bonchev–Trinajstić information content (AvgIpc) is 2.80. The van der Waals surface area contributed by atoms with Gasteiger partial charge in [0.05, 0.1) is 0 Å². The number of halogens is 1. The molecule has 17 heavy (non-hydrogen) atoms. The van der Waals surface area contributed by atoms with Gasteiger partial charge in [0.15, 0.2) is 0 Å². The van der Waals surface area contributed by atoms with E-state index in [4.69, 9.17) is 0 Å². The Labute approximate surface area is 105 Å². The normalized spacial score (nSPS) is 12.7. The molecule has 3 heteroatoms. The summed E-state index contributed by atoms with van der Waals surface area (Å²) in [6.07, 6.45) is 0.0773. The third-order valence-corrected chi connectivity index (χ3v) is 4.03. The van der Waals surface area contributed by atoms with E-state index in [2.05, 4.69) is 6.92 Å². The lowest BCUT2D eigenvalue weighted by Crippen LogP contribution is -2.00. The summed E-state index contributed by atoms with van der Waals surface area (Å²) < 4.78 is 13.6. The first-order chi connectivity index (χ1) is 8.11. The van der Waals surface area contributed by atoms with Crippen molar-refractivity contribution >= 4 is 11.3 Å². The van der Waals surface area contributed by atoms with Crippen LogP contribution in [-0.4, -0.2) is 5.11 Å². The maximum Gasteiger partial charge on any atom is 0.129 e. The fraction of sp³-hybridized carbons (Fsp3) is 0.286. The molecule has 1 N–H and O–H groups in total. The molecule has 0 amide bonds. The molecule has 1 aromatic carbocycles. The van der Waals surface area contributed by atoms with E-state index in [0.29, 0.717) is 5.56 Å². The molecular weight excluding hydrogens is 235 g/mol. The van der Waals surface area contributed by atoms with Crippen molar-refractivity contribution in [2.45, 2.75) is 26.4 Å². The van der Waals surface area contributed by atoms with Crippen LogP contribution in [0.2, 0.25) is 0 Å². The maximum atomic E-state index is 13.6. The number of rotatable bonds is 3. The summed E-state index contributed by atoms with van der Waals surface area (Å²) in [5.74, 6) is -0.352. The molecule has 2 rings (SSSR count). The molecule has 90 valence electrons. The minimum Gasteiger partial charge on any atom is -0.383 e. The number of hydrogen-bond donors (Lipinski definition) is 1. The van der Waals surface area contributed by atoms with E-state index in [-0.39, 0.29) is 5.82 Å². The highest BCUT2D eigenvalue weighted by atomic mass is 32.1. The van der Waals surface area contributed by atoms with Crippen LogP contribution < -0.4 is 0 Å². The highest BCUT2D eigenvalue weighted by Crippen LogP contribution is 2.30. The molecule has 0 aliphatic carbocycles. The van der Waals surface area contributed by atoms with E-state index >= 15 is 0 Å². The maximum absolute atomic E-state index is 13.6. The SMILES string of the molecule is CCc1ccc(C(O)c2cc(C)ccc2F)s1. The van der Waals surface area contributed by atoms with Crippen LogP contribution in [0, 0.1) is 12.7 Å². The molecule has 0 aliphatic heterocycles. The Morgan fingerprint density at radius 3 is 2.71 bits per heavy atom. The summed E-state index contributed by atoms with van der Waals surface area (Å²) >= 11 is 1.53. The molecule has 0 fully saturated rings. The van der Waals surface area contributed by atoms with Gasteiger partial charge in [-0.15, -0.1) is 11.3 Å². The van der Waals surface area contributed by atoms with Gasteiger partial charge in [0.25, 0.3) is 0 Å². The van der Waals surface area contributed by atoms with Crippen LogP contribution in [0.3, 0.4) is 0 Å². The van der Waals surface area contributed by atoms with Crippen molar-refractivity contribution in [3.05, 3.63) is 57.0 Å². The van der Waals surface area contributed by atoms with Crippen LogP contribution in [-0.2, 0) is 6.42 Å². The van der Waals surface area contributed by atoms with Crippen molar-refractivity contribution in [3.8, 4) is 0 Å². The lowest BCUT2D eigenvalue weighted by molar-refractivity contribution is 0.218.